The molecule has 0 spiro atoms. The number of aromatic amines is 1. The van der Waals surface area contributed by atoms with E-state index in [0.29, 0.717) is 25.3 Å². The van der Waals surface area contributed by atoms with Gasteiger partial charge in [0.1, 0.15) is 5.69 Å². The van der Waals surface area contributed by atoms with Crippen molar-refractivity contribution in [2.45, 2.75) is 45.6 Å². The number of hydrogen-bond donors (Lipinski definition) is 3. The van der Waals surface area contributed by atoms with E-state index in [2.05, 4.69) is 27.2 Å². The number of H-pyrrole nitrogens is 1. The molecule has 40 heavy (non-hydrogen) atoms. The van der Waals surface area contributed by atoms with Gasteiger partial charge in [-0.05, 0) is 62.6 Å². The first-order valence-electron chi connectivity index (χ1n) is 14.1. The van der Waals surface area contributed by atoms with Crippen molar-refractivity contribution < 1.29 is 9.59 Å². The van der Waals surface area contributed by atoms with Crippen molar-refractivity contribution in [3.63, 3.8) is 0 Å². The zero-order valence-corrected chi connectivity index (χ0v) is 23.3. The number of urea groups is 1. The van der Waals surface area contributed by atoms with E-state index in [9.17, 15) is 9.59 Å². The minimum atomic E-state index is -0.0621. The maximum Gasteiger partial charge on any atom is 0.320 e. The number of fused-ring (bicyclic) bond motifs is 1. The van der Waals surface area contributed by atoms with Crippen LogP contribution in [-0.2, 0) is 0 Å². The summed E-state index contributed by atoms with van der Waals surface area (Å²) >= 11 is 0. The van der Waals surface area contributed by atoms with E-state index in [1.165, 1.54) is 0 Å². The van der Waals surface area contributed by atoms with Crippen LogP contribution in [0.25, 0.3) is 16.6 Å². The van der Waals surface area contributed by atoms with Crippen molar-refractivity contribution in [1.82, 2.24) is 24.7 Å². The zero-order valence-electron chi connectivity index (χ0n) is 23.3. The number of anilines is 1. The summed E-state index contributed by atoms with van der Waals surface area (Å²) in [5.74, 6) is 0.197. The number of hydrogen-bond acceptors (Lipinski definition) is 4. The average Bonchev–Trinajstić information content (AvgIpc) is 3.65. The minimum Gasteiger partial charge on any atom is -0.369 e. The third-order valence-corrected chi connectivity index (χ3v) is 7.46. The predicted molar refractivity (Wildman–Crippen MR) is 159 cm³/mol. The smallest absolute Gasteiger partial charge is 0.320 e. The zero-order chi connectivity index (χ0) is 28.1. The standard InChI is InChI=1S/C30H38N8O2/c1-3-4-9-26(25-10-5-6-13-32-25)35-29(31)33-23-11-12-24-22(18-23)19-27(34-24)28(39)37-16-17-38(21(2)20-37)30(40)36-14-7-8-15-36/h5-6,9-13,18-19,21,34H,3-4,7-8,14-17,20H2,1-2H3,(H3,31,33,35)/b26-9-. The highest BCUT2D eigenvalue weighted by Crippen LogP contribution is 2.23. The SMILES string of the molecule is CCC/C=C(\N=C(N)Nc1ccc2[nH]c(C(=O)N3CCN(C(=O)N4CCCC4)C(C)C3)cc2c1)c1ccccn1. The molecule has 0 aliphatic carbocycles. The molecule has 1 unspecified atom stereocenters. The first-order valence-corrected chi connectivity index (χ1v) is 14.1. The first kappa shape index (κ1) is 27.2. The van der Waals surface area contributed by atoms with Crippen LogP contribution < -0.4 is 11.1 Å². The summed E-state index contributed by atoms with van der Waals surface area (Å²) in [6.07, 6.45) is 7.78. The number of allylic oxidation sites excluding steroid dienone is 1. The van der Waals surface area contributed by atoms with Crippen LogP contribution in [0.4, 0.5) is 10.5 Å². The van der Waals surface area contributed by atoms with Crippen LogP contribution in [0.3, 0.4) is 0 Å². The average molecular weight is 543 g/mol. The molecule has 1 aromatic carbocycles. The number of amides is 3. The lowest BCUT2D eigenvalue weighted by Gasteiger charge is -2.41. The second kappa shape index (κ2) is 12.2. The largest absolute Gasteiger partial charge is 0.369 e. The molecule has 0 radical (unpaired) electrons. The molecule has 210 valence electrons. The van der Waals surface area contributed by atoms with Gasteiger partial charge in [-0.1, -0.05) is 25.5 Å². The summed E-state index contributed by atoms with van der Waals surface area (Å²) < 4.78 is 0. The Balaban J connectivity index is 1.26. The van der Waals surface area contributed by atoms with E-state index in [4.69, 9.17) is 5.73 Å². The van der Waals surface area contributed by atoms with Gasteiger partial charge >= 0.3 is 6.03 Å². The lowest BCUT2D eigenvalue weighted by atomic mass is 10.2. The molecule has 2 fully saturated rings. The van der Waals surface area contributed by atoms with Crippen LogP contribution >= 0.6 is 0 Å². The number of benzene rings is 1. The highest BCUT2D eigenvalue weighted by atomic mass is 16.2. The molecule has 1 atom stereocenters. The van der Waals surface area contributed by atoms with E-state index in [-0.39, 0.29) is 23.9 Å². The molecule has 4 heterocycles. The number of pyridine rings is 1. The molecule has 2 aromatic heterocycles. The number of carbonyl (C=O) groups is 2. The van der Waals surface area contributed by atoms with Gasteiger partial charge in [0.2, 0.25) is 0 Å². The van der Waals surface area contributed by atoms with Gasteiger partial charge in [0, 0.05) is 61.6 Å². The van der Waals surface area contributed by atoms with Gasteiger partial charge in [0.25, 0.3) is 5.91 Å². The molecule has 10 nitrogen and oxygen atoms in total. The predicted octanol–water partition coefficient (Wildman–Crippen LogP) is 4.49. The molecule has 3 amide bonds. The Morgan fingerprint density at radius 2 is 1.95 bits per heavy atom. The summed E-state index contributed by atoms with van der Waals surface area (Å²) in [6.45, 7) is 7.35. The van der Waals surface area contributed by atoms with Gasteiger partial charge in [0.15, 0.2) is 5.96 Å². The van der Waals surface area contributed by atoms with Crippen molar-refractivity contribution in [3.05, 3.63) is 66.1 Å². The fourth-order valence-electron chi connectivity index (χ4n) is 5.32. The maximum atomic E-state index is 13.4. The minimum absolute atomic E-state index is 0.0319. The number of likely N-dealkylation sites (tertiary alicyclic amines) is 1. The molecule has 4 N–H and O–H groups in total. The Hall–Kier alpha value is -4.34. The number of nitrogens with two attached hydrogens (primary N) is 1. The van der Waals surface area contributed by atoms with Crippen molar-refractivity contribution in [1.29, 1.82) is 0 Å². The summed E-state index contributed by atoms with van der Waals surface area (Å²) in [5, 5.41) is 4.06. The molecule has 2 aliphatic heterocycles. The lowest BCUT2D eigenvalue weighted by Crippen LogP contribution is -2.58. The van der Waals surface area contributed by atoms with Crippen LogP contribution in [0.15, 0.2) is 59.7 Å². The number of nitrogens with one attached hydrogen (secondary N) is 2. The molecule has 3 aromatic rings. The van der Waals surface area contributed by atoms with Gasteiger partial charge in [-0.25, -0.2) is 9.79 Å². The normalized spacial score (nSPS) is 18.4. The fourth-order valence-corrected chi connectivity index (χ4v) is 5.32. The van der Waals surface area contributed by atoms with E-state index < -0.39 is 0 Å². The molecular formula is C30H38N8O2. The Labute approximate surface area is 234 Å². The quantitative estimate of drug-likeness (QED) is 0.313. The van der Waals surface area contributed by atoms with Gasteiger partial charge in [-0.3, -0.25) is 9.78 Å². The lowest BCUT2D eigenvalue weighted by molar-refractivity contribution is 0.0538. The third kappa shape index (κ3) is 6.11. The van der Waals surface area contributed by atoms with E-state index in [1.54, 1.807) is 6.20 Å². The number of rotatable bonds is 6. The van der Waals surface area contributed by atoms with Gasteiger partial charge in [0.05, 0.1) is 11.4 Å². The molecule has 10 heteroatoms. The summed E-state index contributed by atoms with van der Waals surface area (Å²) in [6, 6.07) is 13.4. The number of piperazine rings is 1. The van der Waals surface area contributed by atoms with Gasteiger partial charge in [-0.15, -0.1) is 0 Å². The van der Waals surface area contributed by atoms with Crippen LogP contribution in [0, 0.1) is 0 Å². The number of aromatic nitrogens is 2. The molecule has 0 bridgehead atoms. The fraction of sp³-hybridized carbons (Fsp3) is 0.400. The summed E-state index contributed by atoms with van der Waals surface area (Å²) in [5.41, 5.74) is 9.91. The van der Waals surface area contributed by atoms with E-state index >= 15 is 0 Å². The highest BCUT2D eigenvalue weighted by Gasteiger charge is 2.33. The van der Waals surface area contributed by atoms with Crippen LogP contribution in [0.1, 0.15) is 55.7 Å². The van der Waals surface area contributed by atoms with Crippen LogP contribution in [0.2, 0.25) is 0 Å². The molecule has 2 saturated heterocycles. The number of nitrogens with zero attached hydrogens (tertiary/aromatic N) is 5. The summed E-state index contributed by atoms with van der Waals surface area (Å²) in [7, 11) is 0. The van der Waals surface area contributed by atoms with Gasteiger partial charge < -0.3 is 30.7 Å². The Morgan fingerprint density at radius 1 is 1.12 bits per heavy atom. The Morgan fingerprint density at radius 3 is 2.67 bits per heavy atom. The maximum absolute atomic E-state index is 13.4. The second-order valence-electron chi connectivity index (χ2n) is 10.5. The van der Waals surface area contributed by atoms with Crippen LogP contribution in [0.5, 0.6) is 0 Å². The topological polar surface area (TPSA) is 123 Å². The molecular weight excluding hydrogens is 504 g/mol. The first-order chi connectivity index (χ1) is 19.4. The molecule has 2 aliphatic rings. The number of guanidine groups is 1. The third-order valence-electron chi connectivity index (χ3n) is 7.46. The Kier molecular flexibility index (Phi) is 8.33. The van der Waals surface area contributed by atoms with Crippen molar-refractivity contribution in [2.24, 2.45) is 10.7 Å². The van der Waals surface area contributed by atoms with Crippen molar-refractivity contribution >= 4 is 40.2 Å². The molecule has 5 rings (SSSR count). The van der Waals surface area contributed by atoms with Crippen molar-refractivity contribution in [2.75, 3.05) is 38.0 Å². The number of carbonyl (C=O) groups excluding carboxylic acids is 2. The van der Waals surface area contributed by atoms with E-state index in [0.717, 1.165) is 66.8 Å². The highest BCUT2D eigenvalue weighted by molar-refractivity contribution is 6.01. The second-order valence-corrected chi connectivity index (χ2v) is 10.5. The monoisotopic (exact) mass is 542 g/mol. The summed E-state index contributed by atoms with van der Waals surface area (Å²) in [4.78, 5) is 44.1. The number of aliphatic imine (C=N–C) groups is 1. The number of unbranched alkanes of at least 4 members (excludes halogenated alkanes) is 1. The van der Waals surface area contributed by atoms with Crippen LogP contribution in [-0.4, -0.2) is 81.3 Å². The Bertz CT molecular complexity index is 1410. The molecule has 0 saturated carbocycles. The van der Waals surface area contributed by atoms with Gasteiger partial charge in [-0.2, -0.15) is 0 Å². The van der Waals surface area contributed by atoms with Crippen molar-refractivity contribution in [3.8, 4) is 0 Å². The van der Waals surface area contributed by atoms with E-state index in [1.807, 2.05) is 70.2 Å².